The van der Waals surface area contributed by atoms with Crippen LogP contribution in [0.25, 0.3) is 0 Å². The van der Waals surface area contributed by atoms with Crippen molar-refractivity contribution in [3.05, 3.63) is 57.6 Å². The van der Waals surface area contributed by atoms with Crippen molar-refractivity contribution in [3.8, 4) is 11.8 Å². The second kappa shape index (κ2) is 5.83. The Balaban J connectivity index is 2.36. The Hall–Kier alpha value is -2.22. The molecule has 0 spiro atoms. The van der Waals surface area contributed by atoms with Crippen LogP contribution in [-0.4, -0.2) is 11.0 Å². The summed E-state index contributed by atoms with van der Waals surface area (Å²) in [6.45, 7) is 0. The Bertz CT molecular complexity index is 703. The Labute approximate surface area is 125 Å². The number of hydrogen-bond donors (Lipinski definition) is 2. The number of aromatic hydroxyl groups is 1. The standard InChI is InChI=1S/C14H8Cl2N2O2/c15-9-2-1-3-10(16)13(9)14(20)18-11-6-8(7-17)4-5-12(11)19/h1-6,19H,(H,18,20). The number of rotatable bonds is 2. The first-order chi connectivity index (χ1) is 9.52. The van der Waals surface area contributed by atoms with Gasteiger partial charge < -0.3 is 10.4 Å². The number of halogens is 2. The van der Waals surface area contributed by atoms with E-state index in [0.29, 0.717) is 5.56 Å². The summed E-state index contributed by atoms with van der Waals surface area (Å²) >= 11 is 11.9. The van der Waals surface area contributed by atoms with E-state index < -0.39 is 5.91 Å². The number of phenolic OH excluding ortho intramolecular Hbond substituents is 1. The topological polar surface area (TPSA) is 73.1 Å². The molecule has 2 aromatic rings. The molecule has 0 fully saturated rings. The molecule has 0 aromatic heterocycles. The van der Waals surface area contributed by atoms with Crippen LogP contribution in [0, 0.1) is 11.3 Å². The van der Waals surface area contributed by atoms with Crippen LogP contribution in [0.3, 0.4) is 0 Å². The minimum atomic E-state index is -0.564. The third-order valence-corrected chi connectivity index (χ3v) is 3.19. The van der Waals surface area contributed by atoms with Crippen LogP contribution in [0.15, 0.2) is 36.4 Å². The first kappa shape index (κ1) is 14.2. The van der Waals surface area contributed by atoms with E-state index in [4.69, 9.17) is 28.5 Å². The lowest BCUT2D eigenvalue weighted by atomic mass is 10.1. The van der Waals surface area contributed by atoms with Gasteiger partial charge in [0.05, 0.1) is 32.9 Å². The molecule has 6 heteroatoms. The molecule has 0 bridgehead atoms. The Morgan fingerprint density at radius 3 is 2.45 bits per heavy atom. The molecular weight excluding hydrogens is 299 g/mol. The maximum Gasteiger partial charge on any atom is 0.258 e. The molecule has 0 aliphatic heterocycles. The fourth-order valence-corrected chi connectivity index (χ4v) is 2.17. The molecule has 2 aromatic carbocycles. The van der Waals surface area contributed by atoms with Crippen LogP contribution in [0.4, 0.5) is 5.69 Å². The van der Waals surface area contributed by atoms with E-state index in [1.165, 1.54) is 30.3 Å². The number of carbonyl (C=O) groups excluding carboxylic acids is 1. The van der Waals surface area contributed by atoms with Crippen molar-refractivity contribution in [2.75, 3.05) is 5.32 Å². The van der Waals surface area contributed by atoms with Crippen LogP contribution < -0.4 is 5.32 Å². The molecule has 20 heavy (non-hydrogen) atoms. The zero-order valence-corrected chi connectivity index (χ0v) is 11.5. The molecule has 0 atom stereocenters. The summed E-state index contributed by atoms with van der Waals surface area (Å²) in [5.74, 6) is -0.716. The number of amides is 1. The molecule has 0 aliphatic carbocycles. The van der Waals surface area contributed by atoms with Crippen molar-refractivity contribution in [2.45, 2.75) is 0 Å². The summed E-state index contributed by atoms with van der Waals surface area (Å²) in [6, 6.07) is 10.7. The lowest BCUT2D eigenvalue weighted by Gasteiger charge is -2.10. The van der Waals surface area contributed by atoms with E-state index in [9.17, 15) is 9.90 Å². The van der Waals surface area contributed by atoms with Gasteiger partial charge in [0.2, 0.25) is 0 Å². The zero-order valence-electron chi connectivity index (χ0n) is 10.0. The predicted molar refractivity (Wildman–Crippen MR) is 77.2 cm³/mol. The first-order valence-electron chi connectivity index (χ1n) is 5.51. The van der Waals surface area contributed by atoms with Gasteiger partial charge in [0, 0.05) is 0 Å². The van der Waals surface area contributed by atoms with E-state index in [0.717, 1.165) is 0 Å². The molecule has 0 aliphatic rings. The highest BCUT2D eigenvalue weighted by Gasteiger charge is 2.16. The van der Waals surface area contributed by atoms with Crippen LogP contribution in [0.2, 0.25) is 10.0 Å². The number of nitrogens with zero attached hydrogens (tertiary/aromatic N) is 1. The quantitative estimate of drug-likeness (QED) is 0.828. The Kier molecular flexibility index (Phi) is 4.14. The smallest absolute Gasteiger partial charge is 0.258 e. The number of phenols is 1. The highest BCUT2D eigenvalue weighted by Crippen LogP contribution is 2.28. The second-order valence-electron chi connectivity index (χ2n) is 3.89. The molecule has 4 nitrogen and oxygen atoms in total. The van der Waals surface area contributed by atoms with Crippen LogP contribution in [-0.2, 0) is 0 Å². The van der Waals surface area contributed by atoms with Gasteiger partial charge in [-0.05, 0) is 30.3 Å². The van der Waals surface area contributed by atoms with Gasteiger partial charge in [0.15, 0.2) is 0 Å². The lowest BCUT2D eigenvalue weighted by Crippen LogP contribution is -2.13. The van der Waals surface area contributed by atoms with Gasteiger partial charge in [-0.25, -0.2) is 0 Å². The number of nitrogens with one attached hydrogen (secondary N) is 1. The van der Waals surface area contributed by atoms with Gasteiger partial charge in [0.25, 0.3) is 5.91 Å². The molecule has 0 saturated heterocycles. The fraction of sp³-hybridized carbons (Fsp3) is 0. The van der Waals surface area contributed by atoms with Gasteiger partial charge in [-0.1, -0.05) is 29.3 Å². The minimum absolute atomic E-state index is 0.109. The van der Waals surface area contributed by atoms with Crippen molar-refractivity contribution in [2.24, 2.45) is 0 Å². The average Bonchev–Trinajstić information content (AvgIpc) is 2.41. The van der Waals surface area contributed by atoms with Gasteiger partial charge in [-0.15, -0.1) is 0 Å². The number of carbonyl (C=O) groups is 1. The van der Waals surface area contributed by atoms with Crippen molar-refractivity contribution < 1.29 is 9.90 Å². The van der Waals surface area contributed by atoms with Crippen LogP contribution in [0.1, 0.15) is 15.9 Å². The van der Waals surface area contributed by atoms with Crippen molar-refractivity contribution in [1.29, 1.82) is 5.26 Å². The number of benzene rings is 2. The maximum atomic E-state index is 12.1. The van der Waals surface area contributed by atoms with Crippen LogP contribution >= 0.6 is 23.2 Å². The third-order valence-electron chi connectivity index (χ3n) is 2.56. The number of hydrogen-bond acceptors (Lipinski definition) is 3. The normalized spacial score (nSPS) is 9.85. The van der Waals surface area contributed by atoms with E-state index in [2.05, 4.69) is 5.32 Å². The van der Waals surface area contributed by atoms with Crippen LogP contribution in [0.5, 0.6) is 5.75 Å². The lowest BCUT2D eigenvalue weighted by molar-refractivity contribution is 0.102. The maximum absolute atomic E-state index is 12.1. The monoisotopic (exact) mass is 306 g/mol. The molecule has 2 rings (SSSR count). The van der Waals surface area contributed by atoms with E-state index in [-0.39, 0.29) is 27.0 Å². The molecule has 2 N–H and O–H groups in total. The van der Waals surface area contributed by atoms with E-state index >= 15 is 0 Å². The summed E-state index contributed by atoms with van der Waals surface area (Å²) in [7, 11) is 0. The molecule has 0 unspecified atom stereocenters. The Morgan fingerprint density at radius 2 is 1.85 bits per heavy atom. The summed E-state index contributed by atoms with van der Waals surface area (Å²) in [4.78, 5) is 12.1. The van der Waals surface area contributed by atoms with Gasteiger partial charge in [0.1, 0.15) is 5.75 Å². The zero-order chi connectivity index (χ0) is 14.7. The van der Waals surface area contributed by atoms with E-state index in [1.54, 1.807) is 6.07 Å². The fourth-order valence-electron chi connectivity index (χ4n) is 1.61. The number of nitriles is 1. The number of anilines is 1. The second-order valence-corrected chi connectivity index (χ2v) is 4.71. The molecular formula is C14H8Cl2N2O2. The summed E-state index contributed by atoms with van der Waals surface area (Å²) in [5.41, 5.74) is 0.533. The molecule has 0 heterocycles. The van der Waals surface area contributed by atoms with Crippen molar-refractivity contribution in [1.82, 2.24) is 0 Å². The predicted octanol–water partition coefficient (Wildman–Crippen LogP) is 3.82. The van der Waals surface area contributed by atoms with E-state index in [1.807, 2.05) is 6.07 Å². The summed E-state index contributed by atoms with van der Waals surface area (Å²) in [5, 5.41) is 21.4. The largest absolute Gasteiger partial charge is 0.506 e. The Morgan fingerprint density at radius 1 is 1.20 bits per heavy atom. The van der Waals surface area contributed by atoms with Gasteiger partial charge in [-0.2, -0.15) is 5.26 Å². The SMILES string of the molecule is N#Cc1ccc(O)c(NC(=O)c2c(Cl)cccc2Cl)c1. The first-order valence-corrected chi connectivity index (χ1v) is 6.27. The molecule has 0 saturated carbocycles. The highest BCUT2D eigenvalue weighted by atomic mass is 35.5. The highest BCUT2D eigenvalue weighted by molar-refractivity contribution is 6.40. The average molecular weight is 307 g/mol. The molecule has 0 radical (unpaired) electrons. The molecule has 1 amide bonds. The van der Waals surface area contributed by atoms with Gasteiger partial charge >= 0.3 is 0 Å². The van der Waals surface area contributed by atoms with Gasteiger partial charge in [-0.3, -0.25) is 4.79 Å². The van der Waals surface area contributed by atoms with Crippen molar-refractivity contribution >= 4 is 34.8 Å². The minimum Gasteiger partial charge on any atom is -0.506 e. The summed E-state index contributed by atoms with van der Waals surface area (Å²) in [6.07, 6.45) is 0. The summed E-state index contributed by atoms with van der Waals surface area (Å²) < 4.78 is 0. The third kappa shape index (κ3) is 2.85. The van der Waals surface area contributed by atoms with Crippen molar-refractivity contribution in [3.63, 3.8) is 0 Å². The molecule has 100 valence electrons.